The molecule has 0 fully saturated rings. The maximum absolute atomic E-state index is 3.58. The summed E-state index contributed by atoms with van der Waals surface area (Å²) in [6.45, 7) is 18.3. The number of rotatable bonds is 8. The Morgan fingerprint density at radius 1 is 1.12 bits per heavy atom. The standard InChI is InChI=1S/C15H34N2/c1-9-15(7,10-16-13(4)5)11-17(8)14(6)12(2)3/h12-14,16H,9-11H2,1-8H3. The first-order valence-corrected chi connectivity index (χ1v) is 7.15. The van der Waals surface area contributed by atoms with Gasteiger partial charge in [-0.3, -0.25) is 0 Å². The molecule has 0 aliphatic heterocycles. The molecule has 2 atom stereocenters. The van der Waals surface area contributed by atoms with Gasteiger partial charge in [-0.2, -0.15) is 0 Å². The lowest BCUT2D eigenvalue weighted by molar-refractivity contribution is 0.123. The maximum atomic E-state index is 3.58. The molecule has 2 unspecified atom stereocenters. The molecule has 0 saturated heterocycles. The second kappa shape index (κ2) is 7.38. The van der Waals surface area contributed by atoms with Crippen LogP contribution in [0.1, 0.15) is 54.9 Å². The van der Waals surface area contributed by atoms with Crippen LogP contribution in [0.15, 0.2) is 0 Å². The summed E-state index contributed by atoms with van der Waals surface area (Å²) in [5.74, 6) is 0.721. The van der Waals surface area contributed by atoms with Crippen molar-refractivity contribution >= 4 is 0 Å². The highest BCUT2D eigenvalue weighted by molar-refractivity contribution is 4.81. The molecule has 0 aromatic rings. The SMILES string of the molecule is CCC(C)(CNC(C)C)CN(C)C(C)C(C)C. The number of nitrogens with zero attached hydrogens (tertiary/aromatic N) is 1. The first-order valence-electron chi connectivity index (χ1n) is 7.15. The van der Waals surface area contributed by atoms with Crippen LogP contribution in [0, 0.1) is 11.3 Å². The Balaban J connectivity index is 4.35. The van der Waals surface area contributed by atoms with E-state index in [0.717, 1.165) is 12.5 Å². The quantitative estimate of drug-likeness (QED) is 0.702. The van der Waals surface area contributed by atoms with Crippen LogP contribution in [0.5, 0.6) is 0 Å². The molecule has 1 N–H and O–H groups in total. The van der Waals surface area contributed by atoms with Gasteiger partial charge in [-0.15, -0.1) is 0 Å². The number of hydrogen-bond acceptors (Lipinski definition) is 2. The van der Waals surface area contributed by atoms with E-state index in [4.69, 9.17) is 0 Å². The fourth-order valence-electron chi connectivity index (χ4n) is 2.00. The first kappa shape index (κ1) is 16.9. The molecule has 0 bridgehead atoms. The van der Waals surface area contributed by atoms with Crippen molar-refractivity contribution in [1.29, 1.82) is 0 Å². The molecule has 104 valence electrons. The van der Waals surface area contributed by atoms with Crippen molar-refractivity contribution < 1.29 is 0 Å². The molecule has 0 aromatic carbocycles. The summed E-state index contributed by atoms with van der Waals surface area (Å²) in [5.41, 5.74) is 0.377. The lowest BCUT2D eigenvalue weighted by atomic mass is 9.85. The molecule has 0 aromatic heterocycles. The van der Waals surface area contributed by atoms with E-state index in [9.17, 15) is 0 Å². The summed E-state index contributed by atoms with van der Waals surface area (Å²) in [4.78, 5) is 2.51. The van der Waals surface area contributed by atoms with Gasteiger partial charge in [0, 0.05) is 25.2 Å². The monoisotopic (exact) mass is 242 g/mol. The smallest absolute Gasteiger partial charge is 0.00871 e. The molecule has 0 aliphatic carbocycles. The molecule has 2 heteroatoms. The fourth-order valence-corrected chi connectivity index (χ4v) is 2.00. The van der Waals surface area contributed by atoms with E-state index in [1.807, 2.05) is 0 Å². The van der Waals surface area contributed by atoms with Crippen LogP contribution in [0.3, 0.4) is 0 Å². The van der Waals surface area contributed by atoms with Crippen LogP contribution < -0.4 is 5.32 Å². The van der Waals surface area contributed by atoms with Gasteiger partial charge in [0.2, 0.25) is 0 Å². The van der Waals surface area contributed by atoms with Crippen molar-refractivity contribution in [3.63, 3.8) is 0 Å². The molecular formula is C15H34N2. The second-order valence-electron chi connectivity index (χ2n) is 6.60. The van der Waals surface area contributed by atoms with Crippen molar-refractivity contribution in [2.75, 3.05) is 20.1 Å². The Morgan fingerprint density at radius 2 is 1.65 bits per heavy atom. The zero-order valence-electron chi connectivity index (χ0n) is 13.3. The lowest BCUT2D eigenvalue weighted by Crippen LogP contribution is -2.46. The third-order valence-electron chi connectivity index (χ3n) is 4.08. The number of hydrogen-bond donors (Lipinski definition) is 1. The average molecular weight is 242 g/mol. The highest BCUT2D eigenvalue weighted by Gasteiger charge is 2.26. The number of nitrogens with one attached hydrogen (secondary N) is 1. The van der Waals surface area contributed by atoms with Gasteiger partial charge in [-0.25, -0.2) is 0 Å². The van der Waals surface area contributed by atoms with Crippen LogP contribution >= 0.6 is 0 Å². The van der Waals surface area contributed by atoms with Gasteiger partial charge in [-0.1, -0.05) is 41.5 Å². The largest absolute Gasteiger partial charge is 0.314 e. The predicted molar refractivity (Wildman–Crippen MR) is 78.5 cm³/mol. The molecule has 0 radical (unpaired) electrons. The Morgan fingerprint density at radius 3 is 2.00 bits per heavy atom. The molecule has 17 heavy (non-hydrogen) atoms. The van der Waals surface area contributed by atoms with Crippen molar-refractivity contribution in [2.45, 2.75) is 67.0 Å². The average Bonchev–Trinajstić information content (AvgIpc) is 2.25. The van der Waals surface area contributed by atoms with Crippen LogP contribution in [0.2, 0.25) is 0 Å². The Bertz CT molecular complexity index is 201. The summed E-state index contributed by atoms with van der Waals surface area (Å²) in [6.07, 6.45) is 1.22. The minimum absolute atomic E-state index is 0.377. The molecular weight excluding hydrogens is 208 g/mol. The minimum atomic E-state index is 0.377. The Hall–Kier alpha value is -0.0800. The van der Waals surface area contributed by atoms with Crippen molar-refractivity contribution in [2.24, 2.45) is 11.3 Å². The molecule has 0 amide bonds. The van der Waals surface area contributed by atoms with Gasteiger partial charge in [0.25, 0.3) is 0 Å². The van der Waals surface area contributed by atoms with Gasteiger partial charge < -0.3 is 10.2 Å². The second-order valence-corrected chi connectivity index (χ2v) is 6.60. The van der Waals surface area contributed by atoms with Gasteiger partial charge in [-0.05, 0) is 31.7 Å². The molecule has 0 aliphatic rings. The minimum Gasteiger partial charge on any atom is -0.314 e. The fraction of sp³-hybridized carbons (Fsp3) is 1.00. The third-order valence-corrected chi connectivity index (χ3v) is 4.08. The topological polar surface area (TPSA) is 15.3 Å². The predicted octanol–water partition coefficient (Wildman–Crippen LogP) is 3.38. The summed E-state index contributed by atoms with van der Waals surface area (Å²) < 4.78 is 0. The third kappa shape index (κ3) is 6.42. The van der Waals surface area contributed by atoms with Crippen LogP contribution in [0.4, 0.5) is 0 Å². The van der Waals surface area contributed by atoms with Crippen LogP contribution in [-0.4, -0.2) is 37.1 Å². The Kier molecular flexibility index (Phi) is 7.34. The van der Waals surface area contributed by atoms with Crippen molar-refractivity contribution in [3.05, 3.63) is 0 Å². The highest BCUT2D eigenvalue weighted by atomic mass is 15.1. The summed E-state index contributed by atoms with van der Waals surface area (Å²) >= 11 is 0. The summed E-state index contributed by atoms with van der Waals surface area (Å²) in [7, 11) is 2.26. The van der Waals surface area contributed by atoms with Gasteiger partial charge in [0.15, 0.2) is 0 Å². The summed E-state index contributed by atoms with van der Waals surface area (Å²) in [5, 5.41) is 3.58. The normalized spacial score (nSPS) is 17.8. The first-order chi connectivity index (χ1) is 7.72. The van der Waals surface area contributed by atoms with E-state index in [1.165, 1.54) is 13.0 Å². The van der Waals surface area contributed by atoms with Crippen molar-refractivity contribution in [1.82, 2.24) is 10.2 Å². The highest BCUT2D eigenvalue weighted by Crippen LogP contribution is 2.23. The van der Waals surface area contributed by atoms with Crippen molar-refractivity contribution in [3.8, 4) is 0 Å². The van der Waals surface area contributed by atoms with E-state index in [1.54, 1.807) is 0 Å². The van der Waals surface area contributed by atoms with E-state index in [2.05, 4.69) is 65.7 Å². The molecule has 0 spiro atoms. The maximum Gasteiger partial charge on any atom is 0.00871 e. The molecule has 0 heterocycles. The van der Waals surface area contributed by atoms with Crippen LogP contribution in [-0.2, 0) is 0 Å². The molecule has 2 nitrogen and oxygen atoms in total. The van der Waals surface area contributed by atoms with E-state index < -0.39 is 0 Å². The van der Waals surface area contributed by atoms with E-state index >= 15 is 0 Å². The lowest BCUT2D eigenvalue weighted by Gasteiger charge is -2.38. The van der Waals surface area contributed by atoms with Gasteiger partial charge in [0.1, 0.15) is 0 Å². The van der Waals surface area contributed by atoms with Crippen LogP contribution in [0.25, 0.3) is 0 Å². The summed E-state index contributed by atoms with van der Waals surface area (Å²) in [6, 6.07) is 1.23. The van der Waals surface area contributed by atoms with E-state index in [-0.39, 0.29) is 0 Å². The molecule has 0 rings (SSSR count). The zero-order valence-corrected chi connectivity index (χ0v) is 13.3. The Labute approximate surface area is 109 Å². The van der Waals surface area contributed by atoms with Gasteiger partial charge >= 0.3 is 0 Å². The molecule has 0 saturated carbocycles. The van der Waals surface area contributed by atoms with Gasteiger partial charge in [0.05, 0.1) is 0 Å². The van der Waals surface area contributed by atoms with E-state index in [0.29, 0.717) is 17.5 Å². The zero-order chi connectivity index (χ0) is 13.6.